The Balaban J connectivity index is 1.70. The number of halogens is 4. The highest BCUT2D eigenvalue weighted by Crippen LogP contribution is 2.43. The Morgan fingerprint density at radius 1 is 1.26 bits per heavy atom. The second kappa shape index (κ2) is 7.88. The summed E-state index contributed by atoms with van der Waals surface area (Å²) in [6, 6.07) is 8.56. The zero-order chi connectivity index (χ0) is 22.2. The largest absolute Gasteiger partial charge is 0.493 e. The fourth-order valence-electron chi connectivity index (χ4n) is 3.69. The highest BCUT2D eigenvalue weighted by Gasteiger charge is 2.54. The van der Waals surface area contributed by atoms with Gasteiger partial charge in [0.25, 0.3) is 0 Å². The number of aromatic nitrogens is 2. The van der Waals surface area contributed by atoms with E-state index in [4.69, 9.17) is 4.74 Å². The van der Waals surface area contributed by atoms with Crippen molar-refractivity contribution in [2.75, 3.05) is 6.61 Å². The summed E-state index contributed by atoms with van der Waals surface area (Å²) in [5.41, 5.74) is -2.17. The van der Waals surface area contributed by atoms with Crippen molar-refractivity contribution in [2.24, 2.45) is 4.99 Å². The molecule has 3 aromatic rings. The Kier molecular flexibility index (Phi) is 5.38. The van der Waals surface area contributed by atoms with Crippen molar-refractivity contribution in [3.8, 4) is 5.75 Å². The molecule has 2 aromatic carbocycles. The molecule has 2 atom stereocenters. The van der Waals surface area contributed by atoms with Gasteiger partial charge in [-0.15, -0.1) is 0 Å². The lowest BCUT2D eigenvalue weighted by molar-refractivity contribution is -0.232. The van der Waals surface area contributed by atoms with Gasteiger partial charge in [-0.2, -0.15) is 13.2 Å². The van der Waals surface area contributed by atoms with Crippen LogP contribution in [-0.4, -0.2) is 39.7 Å². The van der Waals surface area contributed by atoms with Crippen LogP contribution < -0.4 is 4.74 Å². The van der Waals surface area contributed by atoms with E-state index in [-0.39, 0.29) is 18.7 Å². The Morgan fingerprint density at radius 2 is 2.06 bits per heavy atom. The third kappa shape index (κ3) is 4.23. The second-order valence-corrected chi connectivity index (χ2v) is 7.53. The molecule has 0 saturated heterocycles. The fourth-order valence-corrected chi connectivity index (χ4v) is 3.69. The monoisotopic (exact) mass is 433 g/mol. The van der Waals surface area contributed by atoms with Crippen LogP contribution in [0.25, 0.3) is 10.9 Å². The van der Waals surface area contributed by atoms with Gasteiger partial charge in [0.05, 0.1) is 17.8 Å². The molecule has 0 fully saturated rings. The van der Waals surface area contributed by atoms with E-state index in [1.165, 1.54) is 24.4 Å². The van der Waals surface area contributed by atoms with Gasteiger partial charge in [0.2, 0.25) is 0 Å². The van der Waals surface area contributed by atoms with Crippen molar-refractivity contribution in [1.82, 2.24) is 9.97 Å². The van der Waals surface area contributed by atoms with Crippen molar-refractivity contribution in [3.63, 3.8) is 0 Å². The van der Waals surface area contributed by atoms with E-state index in [1.807, 2.05) is 0 Å². The lowest BCUT2D eigenvalue weighted by atomic mass is 9.82. The maximum Gasteiger partial charge on any atom is 0.422 e. The number of benzene rings is 2. The SMILES string of the molecule is Cc1ncc2c(N=CC(O)(CC3CCOc4ccc(F)cc43)C(F)(F)F)cccc2n1. The van der Waals surface area contributed by atoms with Crippen LogP contribution in [0.3, 0.4) is 0 Å². The molecule has 31 heavy (non-hydrogen) atoms. The minimum atomic E-state index is -4.99. The predicted octanol–water partition coefficient (Wildman–Crippen LogP) is 5.03. The molecule has 1 aromatic heterocycles. The van der Waals surface area contributed by atoms with Gasteiger partial charge in [0.15, 0.2) is 5.60 Å². The molecule has 2 heterocycles. The van der Waals surface area contributed by atoms with Gasteiger partial charge < -0.3 is 9.84 Å². The number of aryl methyl sites for hydroxylation is 1. The van der Waals surface area contributed by atoms with Gasteiger partial charge in [-0.25, -0.2) is 14.4 Å². The number of aliphatic hydroxyl groups is 1. The van der Waals surface area contributed by atoms with E-state index >= 15 is 0 Å². The molecular weight excluding hydrogens is 414 g/mol. The first-order chi connectivity index (χ1) is 14.7. The van der Waals surface area contributed by atoms with Gasteiger partial charge in [0, 0.05) is 23.4 Å². The molecule has 1 aliphatic heterocycles. The first-order valence-electron chi connectivity index (χ1n) is 9.65. The molecule has 0 radical (unpaired) electrons. The van der Waals surface area contributed by atoms with Crippen LogP contribution in [0.1, 0.15) is 30.1 Å². The van der Waals surface area contributed by atoms with Crippen LogP contribution in [0, 0.1) is 12.7 Å². The average molecular weight is 433 g/mol. The van der Waals surface area contributed by atoms with Gasteiger partial charge in [-0.1, -0.05) is 6.07 Å². The number of fused-ring (bicyclic) bond motifs is 2. The number of rotatable bonds is 4. The molecule has 162 valence electrons. The van der Waals surface area contributed by atoms with Crippen LogP contribution in [0.2, 0.25) is 0 Å². The molecule has 4 rings (SSSR count). The zero-order valence-corrected chi connectivity index (χ0v) is 16.5. The summed E-state index contributed by atoms with van der Waals surface area (Å²) in [4.78, 5) is 12.3. The minimum Gasteiger partial charge on any atom is -0.493 e. The second-order valence-electron chi connectivity index (χ2n) is 7.53. The fraction of sp³-hybridized carbons (Fsp3) is 0.318. The number of alkyl halides is 3. The molecule has 0 aliphatic carbocycles. The van der Waals surface area contributed by atoms with E-state index in [1.54, 1.807) is 19.1 Å². The number of aliphatic imine (C=N–C) groups is 1. The third-order valence-electron chi connectivity index (χ3n) is 5.32. The summed E-state index contributed by atoms with van der Waals surface area (Å²) >= 11 is 0. The molecule has 1 aliphatic rings. The van der Waals surface area contributed by atoms with Crippen LogP contribution in [0.15, 0.2) is 47.6 Å². The number of hydrogen-bond acceptors (Lipinski definition) is 5. The average Bonchev–Trinajstić information content (AvgIpc) is 2.71. The number of hydrogen-bond donors (Lipinski definition) is 1. The topological polar surface area (TPSA) is 67.6 Å². The quantitative estimate of drug-likeness (QED) is 0.463. The summed E-state index contributed by atoms with van der Waals surface area (Å²) in [7, 11) is 0. The summed E-state index contributed by atoms with van der Waals surface area (Å²) in [6.45, 7) is 1.88. The van der Waals surface area contributed by atoms with E-state index in [0.717, 1.165) is 6.07 Å². The molecule has 9 heteroatoms. The molecule has 2 unspecified atom stereocenters. The zero-order valence-electron chi connectivity index (χ0n) is 16.5. The van der Waals surface area contributed by atoms with Crippen molar-refractivity contribution in [1.29, 1.82) is 0 Å². The standard InChI is InChI=1S/C22H19F4N3O2/c1-13-27-11-17-18(3-2-4-19(17)29-13)28-12-21(30,22(24,25)26)10-14-7-8-31-20-6-5-15(23)9-16(14)20/h2-6,9,11-12,14,30H,7-8,10H2,1H3. The van der Waals surface area contributed by atoms with Crippen molar-refractivity contribution >= 4 is 22.8 Å². The molecule has 5 nitrogen and oxygen atoms in total. The van der Waals surface area contributed by atoms with Gasteiger partial charge >= 0.3 is 6.18 Å². The van der Waals surface area contributed by atoms with Crippen LogP contribution in [-0.2, 0) is 0 Å². The van der Waals surface area contributed by atoms with Crippen molar-refractivity contribution in [2.45, 2.75) is 37.5 Å². The van der Waals surface area contributed by atoms with E-state index < -0.39 is 29.9 Å². The Bertz CT molecular complexity index is 1150. The highest BCUT2D eigenvalue weighted by atomic mass is 19.4. The predicted molar refractivity (Wildman–Crippen MR) is 107 cm³/mol. The lowest BCUT2D eigenvalue weighted by Crippen LogP contribution is -2.48. The Hall–Kier alpha value is -3.07. The van der Waals surface area contributed by atoms with Crippen molar-refractivity contribution < 1.29 is 27.4 Å². The molecule has 1 N–H and O–H groups in total. The number of ether oxygens (including phenoxy) is 1. The maximum atomic E-state index is 13.9. The summed E-state index contributed by atoms with van der Waals surface area (Å²) < 4.78 is 60.9. The van der Waals surface area contributed by atoms with Gasteiger partial charge in [-0.05, 0) is 56.0 Å². The summed E-state index contributed by atoms with van der Waals surface area (Å²) in [6.07, 6.45) is -3.49. The van der Waals surface area contributed by atoms with Crippen LogP contribution >= 0.6 is 0 Å². The Morgan fingerprint density at radius 3 is 2.84 bits per heavy atom. The van der Waals surface area contributed by atoms with E-state index in [0.29, 0.717) is 34.3 Å². The first-order valence-corrected chi connectivity index (χ1v) is 9.65. The maximum absolute atomic E-state index is 13.9. The van der Waals surface area contributed by atoms with Crippen molar-refractivity contribution in [3.05, 3.63) is 59.8 Å². The molecular formula is C22H19F4N3O2. The normalized spacial score (nSPS) is 18.6. The molecule has 0 spiro atoms. The van der Waals surface area contributed by atoms with Crippen LogP contribution in [0.5, 0.6) is 5.75 Å². The molecule has 0 amide bonds. The minimum absolute atomic E-state index is 0.175. The van der Waals surface area contributed by atoms with Crippen LogP contribution in [0.4, 0.5) is 23.2 Å². The summed E-state index contributed by atoms with van der Waals surface area (Å²) in [5, 5.41) is 11.1. The highest BCUT2D eigenvalue weighted by molar-refractivity contribution is 5.91. The molecule has 0 saturated carbocycles. The molecule has 0 bridgehead atoms. The Labute approximate surface area is 175 Å². The smallest absolute Gasteiger partial charge is 0.422 e. The third-order valence-corrected chi connectivity index (χ3v) is 5.32. The lowest BCUT2D eigenvalue weighted by Gasteiger charge is -2.33. The number of nitrogens with zero attached hydrogens (tertiary/aromatic N) is 3. The summed E-state index contributed by atoms with van der Waals surface area (Å²) in [5.74, 6) is -0.493. The van der Waals surface area contributed by atoms with Gasteiger partial charge in [0.1, 0.15) is 17.4 Å². The van der Waals surface area contributed by atoms with E-state index in [9.17, 15) is 22.7 Å². The first kappa shape index (κ1) is 21.2. The van der Waals surface area contributed by atoms with Gasteiger partial charge in [-0.3, -0.25) is 4.99 Å². The van der Waals surface area contributed by atoms with E-state index in [2.05, 4.69) is 15.0 Å².